The third-order valence-corrected chi connectivity index (χ3v) is 5.76. The molecule has 2 aliphatic rings. The van der Waals surface area contributed by atoms with Crippen molar-refractivity contribution in [3.63, 3.8) is 0 Å². The second-order valence-electron chi connectivity index (χ2n) is 7.74. The van der Waals surface area contributed by atoms with Gasteiger partial charge in [-0.05, 0) is 42.4 Å². The van der Waals surface area contributed by atoms with Crippen LogP contribution in [0.2, 0.25) is 0 Å². The van der Waals surface area contributed by atoms with Gasteiger partial charge in [0.15, 0.2) is 0 Å². The molecule has 1 heterocycles. The van der Waals surface area contributed by atoms with Crippen molar-refractivity contribution in [3.8, 4) is 0 Å². The van der Waals surface area contributed by atoms with E-state index < -0.39 is 5.60 Å². The molecule has 0 aromatic heterocycles. The standard InChI is InChI=1S/C21H29NO2/c1-16(2)18-9-6-17(7-10-18)8-11-20(23)22-14-13-21(24)12-4-3-5-19(21)15-22/h6-11,16,19,24H,3-5,12-15H2,1-2H3/b11-8+/t19-,21-/m1/s1. The topological polar surface area (TPSA) is 40.5 Å². The van der Waals surface area contributed by atoms with Crippen LogP contribution in [-0.2, 0) is 4.79 Å². The van der Waals surface area contributed by atoms with Crippen molar-refractivity contribution in [1.82, 2.24) is 4.90 Å². The number of likely N-dealkylation sites (tertiary alicyclic amines) is 1. The summed E-state index contributed by atoms with van der Waals surface area (Å²) >= 11 is 0. The lowest BCUT2D eigenvalue weighted by atomic mass is 9.71. The molecule has 1 saturated carbocycles. The Balaban J connectivity index is 1.60. The number of rotatable bonds is 3. The third kappa shape index (κ3) is 3.72. The van der Waals surface area contributed by atoms with E-state index in [1.165, 1.54) is 12.0 Å². The van der Waals surface area contributed by atoms with Crippen molar-refractivity contribution in [2.45, 2.75) is 57.5 Å². The summed E-state index contributed by atoms with van der Waals surface area (Å²) in [6.07, 6.45) is 8.53. The number of piperidine rings is 1. The van der Waals surface area contributed by atoms with Crippen LogP contribution in [0.3, 0.4) is 0 Å². The van der Waals surface area contributed by atoms with E-state index in [0.717, 1.165) is 31.2 Å². The zero-order valence-corrected chi connectivity index (χ0v) is 14.9. The van der Waals surface area contributed by atoms with Crippen LogP contribution in [0.1, 0.15) is 63.0 Å². The first kappa shape index (κ1) is 17.2. The van der Waals surface area contributed by atoms with Gasteiger partial charge in [0.2, 0.25) is 5.91 Å². The molecular weight excluding hydrogens is 298 g/mol. The van der Waals surface area contributed by atoms with Crippen LogP contribution in [-0.4, -0.2) is 34.6 Å². The first-order valence-corrected chi connectivity index (χ1v) is 9.27. The molecule has 3 nitrogen and oxygen atoms in total. The Morgan fingerprint density at radius 2 is 2.00 bits per heavy atom. The van der Waals surface area contributed by atoms with Crippen molar-refractivity contribution in [2.24, 2.45) is 5.92 Å². The lowest BCUT2D eigenvalue weighted by Crippen LogP contribution is -2.54. The van der Waals surface area contributed by atoms with E-state index in [9.17, 15) is 9.90 Å². The summed E-state index contributed by atoms with van der Waals surface area (Å²) in [4.78, 5) is 14.4. The van der Waals surface area contributed by atoms with Gasteiger partial charge in [0.25, 0.3) is 0 Å². The summed E-state index contributed by atoms with van der Waals surface area (Å²) in [6, 6.07) is 8.38. The highest BCUT2D eigenvalue weighted by atomic mass is 16.3. The zero-order chi connectivity index (χ0) is 17.2. The quantitative estimate of drug-likeness (QED) is 0.853. The third-order valence-electron chi connectivity index (χ3n) is 5.76. The van der Waals surface area contributed by atoms with Crippen LogP contribution in [0.4, 0.5) is 0 Å². The summed E-state index contributed by atoms with van der Waals surface area (Å²) in [5, 5.41) is 10.7. The van der Waals surface area contributed by atoms with Gasteiger partial charge in [-0.1, -0.05) is 51.0 Å². The number of aliphatic hydroxyl groups is 1. The minimum atomic E-state index is -0.522. The largest absolute Gasteiger partial charge is 0.389 e. The maximum atomic E-state index is 12.5. The fourth-order valence-corrected chi connectivity index (χ4v) is 4.04. The molecule has 24 heavy (non-hydrogen) atoms. The van der Waals surface area contributed by atoms with E-state index in [1.807, 2.05) is 11.0 Å². The van der Waals surface area contributed by atoms with Gasteiger partial charge >= 0.3 is 0 Å². The average molecular weight is 327 g/mol. The van der Waals surface area contributed by atoms with Gasteiger partial charge in [-0.15, -0.1) is 0 Å². The SMILES string of the molecule is CC(C)c1ccc(/C=C/C(=O)N2CC[C@]3(O)CCCC[C@@H]3C2)cc1. The number of carbonyl (C=O) groups is 1. The second kappa shape index (κ2) is 7.10. The van der Waals surface area contributed by atoms with E-state index in [-0.39, 0.29) is 11.8 Å². The molecule has 1 saturated heterocycles. The lowest BCUT2D eigenvalue weighted by Gasteiger charge is -2.47. The zero-order valence-electron chi connectivity index (χ0n) is 14.9. The maximum Gasteiger partial charge on any atom is 0.246 e. The Labute approximate surface area is 145 Å². The highest BCUT2D eigenvalue weighted by molar-refractivity contribution is 5.91. The molecule has 0 unspecified atom stereocenters. The van der Waals surface area contributed by atoms with Crippen LogP contribution in [0, 0.1) is 5.92 Å². The molecule has 1 aromatic carbocycles. The summed E-state index contributed by atoms with van der Waals surface area (Å²) < 4.78 is 0. The van der Waals surface area contributed by atoms with Crippen LogP contribution in [0.25, 0.3) is 6.08 Å². The van der Waals surface area contributed by atoms with Crippen molar-refractivity contribution >= 4 is 12.0 Å². The van der Waals surface area contributed by atoms with Crippen molar-refractivity contribution < 1.29 is 9.90 Å². The van der Waals surface area contributed by atoms with Crippen molar-refractivity contribution in [3.05, 3.63) is 41.5 Å². The fourth-order valence-electron chi connectivity index (χ4n) is 4.04. The van der Waals surface area contributed by atoms with Gasteiger partial charge in [0.1, 0.15) is 0 Å². The lowest BCUT2D eigenvalue weighted by molar-refractivity contribution is -0.138. The highest BCUT2D eigenvalue weighted by Crippen LogP contribution is 2.39. The average Bonchev–Trinajstić information content (AvgIpc) is 2.59. The minimum Gasteiger partial charge on any atom is -0.389 e. The van der Waals surface area contributed by atoms with Crippen LogP contribution >= 0.6 is 0 Å². The summed E-state index contributed by atoms with van der Waals surface area (Å²) in [5.41, 5.74) is 1.84. The highest BCUT2D eigenvalue weighted by Gasteiger charge is 2.43. The summed E-state index contributed by atoms with van der Waals surface area (Å²) in [5.74, 6) is 0.838. The Bertz CT molecular complexity index is 605. The molecule has 130 valence electrons. The van der Waals surface area contributed by atoms with Crippen LogP contribution in [0.5, 0.6) is 0 Å². The Kier molecular flexibility index (Phi) is 5.09. The molecular formula is C21H29NO2. The molecule has 1 aliphatic heterocycles. The first-order valence-electron chi connectivity index (χ1n) is 9.27. The Hall–Kier alpha value is -1.61. The number of hydrogen-bond acceptors (Lipinski definition) is 2. The summed E-state index contributed by atoms with van der Waals surface area (Å²) in [6.45, 7) is 5.72. The van der Waals surface area contributed by atoms with E-state index in [2.05, 4.69) is 38.1 Å². The number of hydrogen-bond donors (Lipinski definition) is 1. The molecule has 0 radical (unpaired) electrons. The summed E-state index contributed by atoms with van der Waals surface area (Å²) in [7, 11) is 0. The van der Waals surface area contributed by atoms with Gasteiger partial charge in [-0.2, -0.15) is 0 Å². The van der Waals surface area contributed by atoms with Gasteiger partial charge in [-0.3, -0.25) is 4.79 Å². The van der Waals surface area contributed by atoms with Gasteiger partial charge in [0.05, 0.1) is 5.60 Å². The van der Waals surface area contributed by atoms with E-state index >= 15 is 0 Å². The molecule has 3 rings (SSSR count). The molecule has 1 N–H and O–H groups in total. The van der Waals surface area contributed by atoms with E-state index in [0.29, 0.717) is 19.0 Å². The molecule has 1 aliphatic carbocycles. The number of nitrogens with zero attached hydrogens (tertiary/aromatic N) is 1. The molecule has 1 aromatic rings. The van der Waals surface area contributed by atoms with Crippen LogP contribution < -0.4 is 0 Å². The predicted molar refractivity (Wildman–Crippen MR) is 97.7 cm³/mol. The second-order valence-corrected chi connectivity index (χ2v) is 7.74. The van der Waals surface area contributed by atoms with E-state index in [4.69, 9.17) is 0 Å². The number of benzene rings is 1. The Morgan fingerprint density at radius 1 is 1.25 bits per heavy atom. The first-order chi connectivity index (χ1) is 11.5. The molecule has 1 amide bonds. The maximum absolute atomic E-state index is 12.5. The monoisotopic (exact) mass is 327 g/mol. The smallest absolute Gasteiger partial charge is 0.246 e. The van der Waals surface area contributed by atoms with Crippen LogP contribution in [0.15, 0.2) is 30.3 Å². The fraction of sp³-hybridized carbons (Fsp3) is 0.571. The predicted octanol–water partition coefficient (Wildman–Crippen LogP) is 3.98. The normalized spacial score (nSPS) is 27.5. The number of amides is 1. The number of fused-ring (bicyclic) bond motifs is 1. The molecule has 3 heteroatoms. The molecule has 0 bridgehead atoms. The Morgan fingerprint density at radius 3 is 2.71 bits per heavy atom. The minimum absolute atomic E-state index is 0.0653. The van der Waals surface area contributed by atoms with E-state index in [1.54, 1.807) is 6.08 Å². The van der Waals surface area contributed by atoms with Crippen molar-refractivity contribution in [1.29, 1.82) is 0 Å². The van der Waals surface area contributed by atoms with Gasteiger partial charge in [0, 0.05) is 25.1 Å². The molecule has 2 atom stereocenters. The molecule has 0 spiro atoms. The van der Waals surface area contributed by atoms with Gasteiger partial charge < -0.3 is 10.0 Å². The van der Waals surface area contributed by atoms with Crippen molar-refractivity contribution in [2.75, 3.05) is 13.1 Å². The molecule has 2 fully saturated rings. The van der Waals surface area contributed by atoms with Gasteiger partial charge in [-0.25, -0.2) is 0 Å². The number of carbonyl (C=O) groups excluding carboxylic acids is 1.